The van der Waals surface area contributed by atoms with Crippen molar-refractivity contribution in [3.8, 4) is 0 Å². The van der Waals surface area contributed by atoms with E-state index in [4.69, 9.17) is 0 Å². The molecule has 1 amide bonds. The first-order chi connectivity index (χ1) is 13.3. The minimum atomic E-state index is -4.51. The van der Waals surface area contributed by atoms with Crippen molar-refractivity contribution in [1.82, 2.24) is 14.8 Å². The lowest BCUT2D eigenvalue weighted by molar-refractivity contribution is -0.141. The van der Waals surface area contributed by atoms with E-state index in [1.54, 1.807) is 4.90 Å². The number of carbonyl (C=O) groups excluding carboxylic acids is 1. The summed E-state index contributed by atoms with van der Waals surface area (Å²) in [5, 5.41) is 0. The third-order valence-electron chi connectivity index (χ3n) is 4.74. The molecule has 3 rings (SSSR count). The summed E-state index contributed by atoms with van der Waals surface area (Å²) in [6, 6.07) is 12.1. The lowest BCUT2D eigenvalue weighted by Crippen LogP contribution is -2.48. The van der Waals surface area contributed by atoms with Crippen LogP contribution in [0.4, 0.5) is 13.2 Å². The molecular weight excluding hydrogens is 367 g/mol. The van der Waals surface area contributed by atoms with E-state index in [1.165, 1.54) is 13.0 Å². The number of amides is 1. The summed E-state index contributed by atoms with van der Waals surface area (Å²) in [5.74, 6) is -0.266. The Hall–Kier alpha value is -2.67. The minimum absolute atomic E-state index is 0.105. The Kier molecular flexibility index (Phi) is 6.14. The summed E-state index contributed by atoms with van der Waals surface area (Å²) < 4.78 is 38.2. The zero-order chi connectivity index (χ0) is 20.1. The molecule has 1 aromatic carbocycles. The molecule has 0 saturated carbocycles. The molecule has 1 aliphatic heterocycles. The van der Waals surface area contributed by atoms with Crippen LogP contribution in [0.25, 0.3) is 6.08 Å². The summed E-state index contributed by atoms with van der Waals surface area (Å²) in [6.45, 7) is 4.75. The molecule has 7 heteroatoms. The van der Waals surface area contributed by atoms with Gasteiger partial charge in [0.15, 0.2) is 0 Å². The Bertz CT molecular complexity index is 842. The van der Waals surface area contributed by atoms with Crippen molar-refractivity contribution in [3.05, 3.63) is 71.1 Å². The SMILES string of the molecule is Cc1nc(C(F)(F)F)ccc1C(=O)N1CCN(C/C=C/c2ccccc2)CC1. The first kappa shape index (κ1) is 20.1. The van der Waals surface area contributed by atoms with Crippen LogP contribution in [0.2, 0.25) is 0 Å². The van der Waals surface area contributed by atoms with Gasteiger partial charge >= 0.3 is 6.18 Å². The lowest BCUT2D eigenvalue weighted by atomic mass is 10.1. The Morgan fingerprint density at radius 3 is 2.36 bits per heavy atom. The summed E-state index contributed by atoms with van der Waals surface area (Å²) in [5.41, 5.74) is 0.497. The Morgan fingerprint density at radius 1 is 1.07 bits per heavy atom. The Morgan fingerprint density at radius 2 is 1.75 bits per heavy atom. The number of alkyl halides is 3. The van der Waals surface area contributed by atoms with Crippen molar-refractivity contribution < 1.29 is 18.0 Å². The van der Waals surface area contributed by atoms with Gasteiger partial charge in [-0.15, -0.1) is 0 Å². The fourth-order valence-electron chi connectivity index (χ4n) is 3.15. The van der Waals surface area contributed by atoms with Gasteiger partial charge < -0.3 is 4.90 Å². The van der Waals surface area contributed by atoms with Crippen LogP contribution in [0, 0.1) is 6.92 Å². The van der Waals surface area contributed by atoms with Gasteiger partial charge in [0.2, 0.25) is 0 Å². The number of pyridine rings is 1. The van der Waals surface area contributed by atoms with E-state index >= 15 is 0 Å². The highest BCUT2D eigenvalue weighted by Crippen LogP contribution is 2.28. The smallest absolute Gasteiger partial charge is 0.336 e. The molecule has 2 aromatic rings. The molecule has 28 heavy (non-hydrogen) atoms. The molecule has 1 saturated heterocycles. The zero-order valence-corrected chi connectivity index (χ0v) is 15.6. The van der Waals surface area contributed by atoms with Crippen molar-refractivity contribution in [3.63, 3.8) is 0 Å². The largest absolute Gasteiger partial charge is 0.433 e. The highest BCUT2D eigenvalue weighted by molar-refractivity contribution is 5.95. The molecule has 0 radical (unpaired) electrons. The van der Waals surface area contributed by atoms with Crippen LogP contribution in [0.5, 0.6) is 0 Å². The number of halogens is 3. The van der Waals surface area contributed by atoms with Crippen molar-refractivity contribution >= 4 is 12.0 Å². The second-order valence-electron chi connectivity index (χ2n) is 6.73. The molecule has 0 spiro atoms. The maximum atomic E-state index is 12.7. The Balaban J connectivity index is 1.54. The zero-order valence-electron chi connectivity index (χ0n) is 15.6. The molecule has 0 bridgehead atoms. The highest BCUT2D eigenvalue weighted by atomic mass is 19.4. The molecule has 1 aliphatic rings. The van der Waals surface area contributed by atoms with Crippen LogP contribution in [0.15, 0.2) is 48.5 Å². The van der Waals surface area contributed by atoms with E-state index in [0.717, 1.165) is 31.3 Å². The van der Waals surface area contributed by atoms with E-state index in [-0.39, 0.29) is 17.2 Å². The number of hydrogen-bond acceptors (Lipinski definition) is 3. The van der Waals surface area contributed by atoms with Crippen molar-refractivity contribution in [2.45, 2.75) is 13.1 Å². The number of aryl methyl sites for hydroxylation is 1. The van der Waals surface area contributed by atoms with Crippen molar-refractivity contribution in [2.24, 2.45) is 0 Å². The van der Waals surface area contributed by atoms with Crippen molar-refractivity contribution in [1.29, 1.82) is 0 Å². The molecular formula is C21H22F3N3O. The van der Waals surface area contributed by atoms with E-state index in [0.29, 0.717) is 13.1 Å². The van der Waals surface area contributed by atoms with E-state index in [2.05, 4.69) is 22.0 Å². The fraction of sp³-hybridized carbons (Fsp3) is 0.333. The summed E-state index contributed by atoms with van der Waals surface area (Å²) in [6.07, 6.45) is -0.350. The number of benzene rings is 1. The van der Waals surface area contributed by atoms with Crippen molar-refractivity contribution in [2.75, 3.05) is 32.7 Å². The topological polar surface area (TPSA) is 36.4 Å². The van der Waals surface area contributed by atoms with Gasteiger partial charge in [0.25, 0.3) is 5.91 Å². The predicted octanol–water partition coefficient (Wildman–Crippen LogP) is 3.88. The second-order valence-corrected chi connectivity index (χ2v) is 6.73. The maximum absolute atomic E-state index is 12.7. The molecule has 0 unspecified atom stereocenters. The molecule has 0 atom stereocenters. The quantitative estimate of drug-likeness (QED) is 0.796. The first-order valence-electron chi connectivity index (χ1n) is 9.12. The van der Waals surface area contributed by atoms with Gasteiger partial charge in [-0.3, -0.25) is 9.69 Å². The van der Waals surface area contributed by atoms with Gasteiger partial charge in [0.1, 0.15) is 5.69 Å². The standard InChI is InChI=1S/C21H22F3N3O/c1-16-18(9-10-19(25-16)21(22,23)24)20(28)27-14-12-26(13-15-27)11-5-8-17-6-3-2-4-7-17/h2-10H,11-15H2,1H3/b8-5+. The molecule has 1 fully saturated rings. The molecule has 2 heterocycles. The summed E-state index contributed by atoms with van der Waals surface area (Å²) in [4.78, 5) is 20.1. The summed E-state index contributed by atoms with van der Waals surface area (Å²) >= 11 is 0. The minimum Gasteiger partial charge on any atom is -0.336 e. The Labute approximate surface area is 162 Å². The van der Waals surface area contributed by atoms with Gasteiger partial charge in [0.05, 0.1) is 11.3 Å². The first-order valence-corrected chi connectivity index (χ1v) is 9.12. The third kappa shape index (κ3) is 4.98. The van der Waals surface area contributed by atoms with Crippen LogP contribution >= 0.6 is 0 Å². The molecule has 0 aliphatic carbocycles. The average Bonchev–Trinajstić information content (AvgIpc) is 2.68. The van der Waals surface area contributed by atoms with Crippen LogP contribution in [-0.2, 0) is 6.18 Å². The second kappa shape index (κ2) is 8.56. The van der Waals surface area contributed by atoms with Gasteiger partial charge in [0, 0.05) is 32.7 Å². The number of hydrogen-bond donors (Lipinski definition) is 0. The van der Waals surface area contributed by atoms with Gasteiger partial charge in [-0.25, -0.2) is 4.98 Å². The number of aromatic nitrogens is 1. The number of carbonyl (C=O) groups is 1. The maximum Gasteiger partial charge on any atom is 0.433 e. The van der Waals surface area contributed by atoms with E-state index in [9.17, 15) is 18.0 Å². The monoisotopic (exact) mass is 389 g/mol. The molecule has 4 nitrogen and oxygen atoms in total. The molecule has 0 N–H and O–H groups in total. The number of piperazine rings is 1. The van der Waals surface area contributed by atoms with Gasteiger partial charge in [-0.1, -0.05) is 42.5 Å². The van der Waals surface area contributed by atoms with Crippen LogP contribution in [0.3, 0.4) is 0 Å². The average molecular weight is 389 g/mol. The number of rotatable bonds is 4. The normalized spacial score (nSPS) is 15.9. The number of nitrogens with zero attached hydrogens (tertiary/aromatic N) is 3. The van der Waals surface area contributed by atoms with Crippen LogP contribution < -0.4 is 0 Å². The van der Waals surface area contributed by atoms with Gasteiger partial charge in [-0.2, -0.15) is 13.2 Å². The highest BCUT2D eigenvalue weighted by Gasteiger charge is 2.33. The van der Waals surface area contributed by atoms with Gasteiger partial charge in [-0.05, 0) is 24.6 Å². The predicted molar refractivity (Wildman–Crippen MR) is 102 cm³/mol. The van der Waals surface area contributed by atoms with E-state index in [1.807, 2.05) is 30.3 Å². The van der Waals surface area contributed by atoms with Crippen LogP contribution in [0.1, 0.15) is 27.3 Å². The van der Waals surface area contributed by atoms with E-state index < -0.39 is 11.9 Å². The lowest BCUT2D eigenvalue weighted by Gasteiger charge is -2.34. The van der Waals surface area contributed by atoms with Crippen LogP contribution in [-0.4, -0.2) is 53.4 Å². The summed E-state index contributed by atoms with van der Waals surface area (Å²) in [7, 11) is 0. The molecule has 1 aromatic heterocycles. The fourth-order valence-corrected chi connectivity index (χ4v) is 3.15. The molecule has 148 valence electrons. The third-order valence-corrected chi connectivity index (χ3v) is 4.74.